The van der Waals surface area contributed by atoms with Crippen molar-refractivity contribution in [1.82, 2.24) is 0 Å². The Balaban J connectivity index is 1.07. The molecular formula is C54H49N. The zero-order valence-corrected chi connectivity index (χ0v) is 32.6. The minimum absolute atomic E-state index is 0.0385. The first kappa shape index (κ1) is 33.9. The van der Waals surface area contributed by atoms with Crippen molar-refractivity contribution in [2.75, 3.05) is 4.90 Å². The van der Waals surface area contributed by atoms with Gasteiger partial charge in [0.05, 0.1) is 0 Å². The molecule has 270 valence electrons. The molecule has 1 saturated carbocycles. The van der Waals surface area contributed by atoms with Gasteiger partial charge in [-0.1, -0.05) is 162 Å². The van der Waals surface area contributed by atoms with E-state index in [1.165, 1.54) is 121 Å². The molecule has 0 N–H and O–H groups in total. The van der Waals surface area contributed by atoms with Gasteiger partial charge in [-0.25, -0.2) is 0 Å². The average molecular weight is 712 g/mol. The van der Waals surface area contributed by atoms with Gasteiger partial charge in [0.1, 0.15) is 0 Å². The van der Waals surface area contributed by atoms with Crippen molar-refractivity contribution < 1.29 is 0 Å². The zero-order valence-electron chi connectivity index (χ0n) is 32.6. The van der Waals surface area contributed by atoms with E-state index in [1.807, 2.05) is 0 Å². The Morgan fingerprint density at radius 1 is 0.400 bits per heavy atom. The third-order valence-corrected chi connectivity index (χ3v) is 13.2. The van der Waals surface area contributed by atoms with Crippen LogP contribution in [-0.2, 0) is 10.8 Å². The molecule has 0 saturated heterocycles. The monoisotopic (exact) mass is 711 g/mol. The van der Waals surface area contributed by atoms with Gasteiger partial charge in [-0.15, -0.1) is 0 Å². The molecular weight excluding hydrogens is 663 g/mol. The van der Waals surface area contributed by atoms with E-state index >= 15 is 0 Å². The first-order chi connectivity index (χ1) is 26.8. The van der Waals surface area contributed by atoms with Crippen molar-refractivity contribution in [1.29, 1.82) is 0 Å². The quantitative estimate of drug-likeness (QED) is 0.166. The molecule has 0 heterocycles. The van der Waals surface area contributed by atoms with Crippen LogP contribution >= 0.6 is 0 Å². The summed E-state index contributed by atoms with van der Waals surface area (Å²) in [5.41, 5.74) is 21.0. The highest BCUT2D eigenvalue weighted by Gasteiger charge is 2.39. The Morgan fingerprint density at radius 2 is 1.00 bits per heavy atom. The molecule has 0 atom stereocenters. The molecule has 3 aliphatic rings. The third kappa shape index (κ3) is 5.50. The topological polar surface area (TPSA) is 3.24 Å². The Morgan fingerprint density at radius 3 is 1.82 bits per heavy atom. The molecule has 55 heavy (non-hydrogen) atoms. The fraction of sp³-hybridized carbons (Fsp3) is 0.222. The Kier molecular flexibility index (Phi) is 8.00. The molecule has 7 aromatic carbocycles. The molecule has 7 aromatic rings. The summed E-state index contributed by atoms with van der Waals surface area (Å²) in [4.78, 5) is 2.47. The van der Waals surface area contributed by atoms with Gasteiger partial charge in [-0.2, -0.15) is 0 Å². The van der Waals surface area contributed by atoms with E-state index in [1.54, 1.807) is 0 Å². The number of anilines is 3. The number of benzene rings is 7. The molecule has 10 rings (SSSR count). The maximum atomic E-state index is 2.48. The molecule has 1 heteroatoms. The zero-order chi connectivity index (χ0) is 37.3. The van der Waals surface area contributed by atoms with Gasteiger partial charge in [-0.3, -0.25) is 0 Å². The van der Waals surface area contributed by atoms with Gasteiger partial charge in [0.2, 0.25) is 0 Å². The molecule has 0 unspecified atom stereocenters. The highest BCUT2D eigenvalue weighted by Crippen LogP contribution is 2.55. The van der Waals surface area contributed by atoms with Crippen molar-refractivity contribution >= 4 is 17.1 Å². The van der Waals surface area contributed by atoms with Crippen molar-refractivity contribution in [3.05, 3.63) is 186 Å². The summed E-state index contributed by atoms with van der Waals surface area (Å²) in [6, 6.07) is 59.6. The van der Waals surface area contributed by atoms with Crippen LogP contribution in [0.4, 0.5) is 17.1 Å². The standard InChI is InChI=1S/C54H49N/c1-53(2)49-24-12-11-21-45(49)46-31-27-40(34-50(46)53)44-22-14-23-48-47-32-30-43(35-51(47)54(3,4)52(44)48)55(41-28-25-38(26-29-41)36-15-7-5-8-16-36)42-20-13-19-39(33-42)37-17-9-6-10-18-37/h6,9-14,17-36H,5,7-8,15-16H2,1-4H3. The SMILES string of the molecule is CC1(C)c2ccccc2-c2ccc(-c3cccc4c3C(C)(C)c3cc(N(c5ccc(C6CCCCC6)cc5)c5cccc(-c6ccccc6)c5)ccc3-4)cc21. The van der Waals surface area contributed by atoms with Crippen LogP contribution in [0.3, 0.4) is 0 Å². The summed E-state index contributed by atoms with van der Waals surface area (Å²) in [5.74, 6) is 0.679. The summed E-state index contributed by atoms with van der Waals surface area (Å²) in [7, 11) is 0. The van der Waals surface area contributed by atoms with Crippen molar-refractivity contribution in [2.45, 2.75) is 76.5 Å². The lowest BCUT2D eigenvalue weighted by Crippen LogP contribution is -2.18. The van der Waals surface area contributed by atoms with Gasteiger partial charge < -0.3 is 4.90 Å². The third-order valence-electron chi connectivity index (χ3n) is 13.2. The van der Waals surface area contributed by atoms with Crippen LogP contribution in [0.15, 0.2) is 158 Å². The first-order valence-corrected chi connectivity index (χ1v) is 20.4. The number of rotatable bonds is 6. The van der Waals surface area contributed by atoms with Crippen molar-refractivity contribution in [3.63, 3.8) is 0 Å². The van der Waals surface area contributed by atoms with E-state index in [2.05, 4.69) is 190 Å². The lowest BCUT2D eigenvalue weighted by molar-refractivity contribution is 0.443. The number of hydrogen-bond donors (Lipinski definition) is 0. The second-order valence-corrected chi connectivity index (χ2v) is 17.2. The van der Waals surface area contributed by atoms with Crippen LogP contribution in [0.2, 0.25) is 0 Å². The number of hydrogen-bond acceptors (Lipinski definition) is 1. The second kappa shape index (κ2) is 13.0. The van der Waals surface area contributed by atoms with E-state index < -0.39 is 0 Å². The largest absolute Gasteiger partial charge is 0.310 e. The number of fused-ring (bicyclic) bond motifs is 6. The lowest BCUT2D eigenvalue weighted by atomic mass is 9.77. The van der Waals surface area contributed by atoms with Gasteiger partial charge in [0, 0.05) is 27.9 Å². The molecule has 3 aliphatic carbocycles. The van der Waals surface area contributed by atoms with Gasteiger partial charge in [-0.05, 0) is 134 Å². The van der Waals surface area contributed by atoms with Crippen molar-refractivity contribution in [2.24, 2.45) is 0 Å². The van der Waals surface area contributed by atoms with Crippen molar-refractivity contribution in [3.8, 4) is 44.5 Å². The molecule has 0 bridgehead atoms. The van der Waals surface area contributed by atoms with Crippen LogP contribution in [0.5, 0.6) is 0 Å². The number of nitrogens with zero attached hydrogens (tertiary/aromatic N) is 1. The maximum absolute atomic E-state index is 2.48. The predicted octanol–water partition coefficient (Wildman–Crippen LogP) is 15.2. The van der Waals surface area contributed by atoms with Gasteiger partial charge >= 0.3 is 0 Å². The Bertz CT molecular complexity index is 2560. The van der Waals surface area contributed by atoms with E-state index in [0.717, 1.165) is 0 Å². The van der Waals surface area contributed by atoms with E-state index in [9.17, 15) is 0 Å². The molecule has 1 fully saturated rings. The minimum atomic E-state index is -0.197. The highest BCUT2D eigenvalue weighted by atomic mass is 15.1. The molecule has 0 spiro atoms. The summed E-state index contributed by atoms with van der Waals surface area (Å²) in [5, 5.41) is 0. The summed E-state index contributed by atoms with van der Waals surface area (Å²) >= 11 is 0. The van der Waals surface area contributed by atoms with Crippen LogP contribution in [0, 0.1) is 0 Å². The van der Waals surface area contributed by atoms with E-state index in [0.29, 0.717) is 5.92 Å². The predicted molar refractivity (Wildman–Crippen MR) is 233 cm³/mol. The molecule has 0 aromatic heterocycles. The van der Waals surface area contributed by atoms with Crippen LogP contribution in [-0.4, -0.2) is 0 Å². The minimum Gasteiger partial charge on any atom is -0.310 e. The second-order valence-electron chi connectivity index (χ2n) is 17.2. The Labute approximate surface area is 327 Å². The molecule has 0 amide bonds. The molecule has 0 aliphatic heterocycles. The smallest absolute Gasteiger partial charge is 0.0467 e. The van der Waals surface area contributed by atoms with Crippen LogP contribution in [0.1, 0.15) is 93.5 Å². The normalized spacial score (nSPS) is 16.2. The van der Waals surface area contributed by atoms with Gasteiger partial charge in [0.25, 0.3) is 0 Å². The fourth-order valence-electron chi connectivity index (χ4n) is 10.4. The first-order valence-electron chi connectivity index (χ1n) is 20.4. The van der Waals surface area contributed by atoms with E-state index in [4.69, 9.17) is 0 Å². The van der Waals surface area contributed by atoms with E-state index in [-0.39, 0.29) is 10.8 Å². The molecule has 0 radical (unpaired) electrons. The van der Waals surface area contributed by atoms with Crippen LogP contribution in [0.25, 0.3) is 44.5 Å². The highest BCUT2D eigenvalue weighted by molar-refractivity contribution is 5.92. The summed E-state index contributed by atoms with van der Waals surface area (Å²) in [6.07, 6.45) is 6.68. The average Bonchev–Trinajstić information content (AvgIpc) is 3.61. The Hall–Kier alpha value is -5.66. The lowest BCUT2D eigenvalue weighted by Gasteiger charge is -2.29. The van der Waals surface area contributed by atoms with Gasteiger partial charge in [0.15, 0.2) is 0 Å². The maximum Gasteiger partial charge on any atom is 0.0467 e. The fourth-order valence-corrected chi connectivity index (χ4v) is 10.4. The molecule has 1 nitrogen and oxygen atoms in total. The van der Waals surface area contributed by atoms with Crippen LogP contribution < -0.4 is 4.90 Å². The summed E-state index contributed by atoms with van der Waals surface area (Å²) < 4.78 is 0. The summed E-state index contributed by atoms with van der Waals surface area (Å²) in [6.45, 7) is 9.61.